The molecule has 0 radical (unpaired) electrons. The second kappa shape index (κ2) is 7.98. The van der Waals surface area contributed by atoms with Gasteiger partial charge >= 0.3 is 0 Å². The molecule has 1 fully saturated rings. The van der Waals surface area contributed by atoms with Crippen LogP contribution in [0, 0.1) is 0 Å². The molecule has 1 aliphatic heterocycles. The normalized spacial score (nSPS) is 15.3. The maximum Gasteiger partial charge on any atom is 0.255 e. The summed E-state index contributed by atoms with van der Waals surface area (Å²) in [5.41, 5.74) is 0.411. The molecule has 0 aromatic heterocycles. The van der Waals surface area contributed by atoms with Gasteiger partial charge in [0.05, 0.1) is 12.8 Å². The number of aromatic hydroxyl groups is 1. The molecule has 27 heavy (non-hydrogen) atoms. The number of amides is 1. The lowest BCUT2D eigenvalue weighted by atomic mass is 10.2. The summed E-state index contributed by atoms with van der Waals surface area (Å²) < 4.78 is 32.7. The molecule has 2 aromatic rings. The topological polar surface area (TPSA) is 95.9 Å². The Morgan fingerprint density at radius 2 is 1.81 bits per heavy atom. The van der Waals surface area contributed by atoms with Crippen LogP contribution >= 0.6 is 0 Å². The van der Waals surface area contributed by atoms with Crippen molar-refractivity contribution in [3.8, 4) is 11.5 Å². The molecular formula is C19H22N2O5S. The Kier molecular flexibility index (Phi) is 5.67. The Bertz CT molecular complexity index is 937. The first-order valence-corrected chi connectivity index (χ1v) is 10.1. The number of carbonyl (C=O) groups is 1. The van der Waals surface area contributed by atoms with Crippen LogP contribution in [0.25, 0.3) is 0 Å². The molecule has 0 aliphatic carbocycles. The number of carbonyl (C=O) groups excluding carboxylic acids is 1. The van der Waals surface area contributed by atoms with E-state index in [0.717, 1.165) is 19.3 Å². The molecule has 0 unspecified atom stereocenters. The Labute approximate surface area is 158 Å². The van der Waals surface area contributed by atoms with Crippen LogP contribution in [-0.4, -0.2) is 43.9 Å². The van der Waals surface area contributed by atoms with Crippen LogP contribution in [0.2, 0.25) is 0 Å². The lowest BCUT2D eigenvalue weighted by Crippen LogP contribution is -2.35. The van der Waals surface area contributed by atoms with Crippen molar-refractivity contribution in [1.82, 2.24) is 4.31 Å². The Balaban J connectivity index is 1.93. The molecule has 7 nitrogen and oxygen atoms in total. The number of para-hydroxylation sites is 2. The zero-order chi connectivity index (χ0) is 19.4. The van der Waals surface area contributed by atoms with Gasteiger partial charge in [0.1, 0.15) is 16.4 Å². The number of rotatable bonds is 5. The summed E-state index contributed by atoms with van der Waals surface area (Å²) in [4.78, 5) is 12.5. The van der Waals surface area contributed by atoms with Gasteiger partial charge in [-0.2, -0.15) is 4.31 Å². The highest BCUT2D eigenvalue weighted by molar-refractivity contribution is 7.89. The SMILES string of the molecule is COc1ccc(C(=O)Nc2ccccc2O)cc1S(=O)(=O)N1CCCCC1. The van der Waals surface area contributed by atoms with Gasteiger partial charge in [-0.1, -0.05) is 18.6 Å². The van der Waals surface area contributed by atoms with Crippen molar-refractivity contribution in [2.24, 2.45) is 0 Å². The number of piperidine rings is 1. The van der Waals surface area contributed by atoms with Crippen LogP contribution in [0.15, 0.2) is 47.4 Å². The second-order valence-electron chi connectivity index (χ2n) is 6.30. The van der Waals surface area contributed by atoms with Gasteiger partial charge < -0.3 is 15.2 Å². The standard InChI is InChI=1S/C19H22N2O5S/c1-26-17-10-9-14(19(23)20-15-7-3-4-8-16(15)22)13-18(17)27(24,25)21-11-5-2-6-12-21/h3-4,7-10,13,22H,2,5-6,11-12H2,1H3,(H,20,23). The van der Waals surface area contributed by atoms with Crippen molar-refractivity contribution in [3.05, 3.63) is 48.0 Å². The van der Waals surface area contributed by atoms with Crippen molar-refractivity contribution >= 4 is 21.6 Å². The first-order valence-electron chi connectivity index (χ1n) is 8.71. The molecule has 8 heteroatoms. The van der Waals surface area contributed by atoms with Gasteiger partial charge in [-0.15, -0.1) is 0 Å². The molecule has 1 saturated heterocycles. The van der Waals surface area contributed by atoms with E-state index in [9.17, 15) is 18.3 Å². The number of anilines is 1. The minimum Gasteiger partial charge on any atom is -0.506 e. The maximum atomic E-state index is 13.0. The number of nitrogens with zero attached hydrogens (tertiary/aromatic N) is 1. The largest absolute Gasteiger partial charge is 0.506 e. The van der Waals surface area contributed by atoms with Crippen molar-refractivity contribution in [3.63, 3.8) is 0 Å². The molecule has 1 heterocycles. The first kappa shape index (κ1) is 19.2. The average molecular weight is 390 g/mol. The molecule has 0 atom stereocenters. The number of methoxy groups -OCH3 is 1. The van der Waals surface area contributed by atoms with Crippen molar-refractivity contribution in [1.29, 1.82) is 0 Å². The number of phenols is 1. The fraction of sp³-hybridized carbons (Fsp3) is 0.316. The lowest BCUT2D eigenvalue weighted by Gasteiger charge is -2.26. The summed E-state index contributed by atoms with van der Waals surface area (Å²) >= 11 is 0. The van der Waals surface area contributed by atoms with Crippen molar-refractivity contribution < 1.29 is 23.1 Å². The number of ether oxygens (including phenoxy) is 1. The Morgan fingerprint density at radius 1 is 1.11 bits per heavy atom. The predicted octanol–water partition coefficient (Wildman–Crippen LogP) is 2.83. The summed E-state index contributed by atoms with van der Waals surface area (Å²) in [6.07, 6.45) is 2.64. The zero-order valence-electron chi connectivity index (χ0n) is 15.0. The Hall–Kier alpha value is -2.58. The van der Waals surface area contributed by atoms with Crippen molar-refractivity contribution in [2.75, 3.05) is 25.5 Å². The quantitative estimate of drug-likeness (QED) is 0.766. The number of phenolic OH excluding ortho intramolecular Hbond substituents is 1. The number of hydrogen-bond acceptors (Lipinski definition) is 5. The second-order valence-corrected chi connectivity index (χ2v) is 8.21. The third-order valence-corrected chi connectivity index (χ3v) is 6.43. The minimum absolute atomic E-state index is 0.0307. The molecule has 0 bridgehead atoms. The minimum atomic E-state index is -3.76. The van der Waals surface area contributed by atoms with Gasteiger partial charge in [0.25, 0.3) is 5.91 Å². The number of sulfonamides is 1. The molecule has 144 valence electrons. The summed E-state index contributed by atoms with van der Waals surface area (Å²) in [6.45, 7) is 0.916. The number of nitrogens with one attached hydrogen (secondary N) is 1. The van der Waals surface area contributed by atoms with Crippen LogP contribution in [-0.2, 0) is 10.0 Å². The molecule has 0 saturated carbocycles. The van der Waals surface area contributed by atoms with Crippen LogP contribution in [0.4, 0.5) is 5.69 Å². The molecule has 1 aliphatic rings. The van der Waals surface area contributed by atoms with Crippen LogP contribution in [0.1, 0.15) is 29.6 Å². The zero-order valence-corrected chi connectivity index (χ0v) is 15.8. The van der Waals surface area contributed by atoms with E-state index in [1.54, 1.807) is 18.2 Å². The fourth-order valence-corrected chi connectivity index (χ4v) is 4.74. The molecular weight excluding hydrogens is 368 g/mol. The predicted molar refractivity (Wildman–Crippen MR) is 102 cm³/mol. The first-order chi connectivity index (χ1) is 12.9. The van der Waals surface area contributed by atoms with Gasteiger partial charge in [-0.25, -0.2) is 8.42 Å². The van der Waals surface area contributed by atoms with E-state index >= 15 is 0 Å². The van der Waals surface area contributed by atoms with E-state index in [-0.39, 0.29) is 27.6 Å². The van der Waals surface area contributed by atoms with E-state index < -0.39 is 15.9 Å². The highest BCUT2D eigenvalue weighted by Crippen LogP contribution is 2.30. The van der Waals surface area contributed by atoms with Gasteiger partial charge in [-0.05, 0) is 43.2 Å². The maximum absolute atomic E-state index is 13.0. The molecule has 3 rings (SSSR count). The van der Waals surface area contributed by atoms with Crippen molar-refractivity contribution in [2.45, 2.75) is 24.2 Å². The fourth-order valence-electron chi connectivity index (χ4n) is 3.04. The van der Waals surface area contributed by atoms with Gasteiger partial charge in [0.2, 0.25) is 10.0 Å². The summed E-state index contributed by atoms with van der Waals surface area (Å²) in [5, 5.41) is 12.4. The monoisotopic (exact) mass is 390 g/mol. The van der Waals surface area contributed by atoms with E-state index in [2.05, 4.69) is 5.32 Å². The van der Waals surface area contributed by atoms with Crippen LogP contribution < -0.4 is 10.1 Å². The van der Waals surface area contributed by atoms with Gasteiger partial charge in [0.15, 0.2) is 0 Å². The number of hydrogen-bond donors (Lipinski definition) is 2. The summed E-state index contributed by atoms with van der Waals surface area (Å²) in [5.74, 6) is -0.394. The molecule has 1 amide bonds. The average Bonchev–Trinajstić information content (AvgIpc) is 2.69. The molecule has 2 N–H and O–H groups in total. The highest BCUT2D eigenvalue weighted by atomic mass is 32.2. The highest BCUT2D eigenvalue weighted by Gasteiger charge is 2.29. The van der Waals surface area contributed by atoms with E-state index in [1.807, 2.05) is 0 Å². The van der Waals surface area contributed by atoms with E-state index in [0.29, 0.717) is 13.1 Å². The molecule has 0 spiro atoms. The van der Waals surface area contributed by atoms with Crippen LogP contribution in [0.3, 0.4) is 0 Å². The van der Waals surface area contributed by atoms with Gasteiger partial charge in [-0.3, -0.25) is 4.79 Å². The summed E-state index contributed by atoms with van der Waals surface area (Å²) in [6, 6.07) is 10.6. The lowest BCUT2D eigenvalue weighted by molar-refractivity contribution is 0.102. The Morgan fingerprint density at radius 3 is 2.48 bits per heavy atom. The number of benzene rings is 2. The summed E-state index contributed by atoms with van der Waals surface area (Å²) in [7, 11) is -2.37. The molecule has 2 aromatic carbocycles. The van der Waals surface area contributed by atoms with Gasteiger partial charge in [0, 0.05) is 18.7 Å². The third kappa shape index (κ3) is 4.06. The van der Waals surface area contributed by atoms with E-state index in [4.69, 9.17) is 4.74 Å². The van der Waals surface area contributed by atoms with Crippen LogP contribution in [0.5, 0.6) is 11.5 Å². The van der Waals surface area contributed by atoms with E-state index in [1.165, 1.54) is 35.7 Å². The third-order valence-electron chi connectivity index (χ3n) is 4.51. The smallest absolute Gasteiger partial charge is 0.255 e.